The van der Waals surface area contributed by atoms with Crippen LogP contribution in [0.25, 0.3) is 5.82 Å². The van der Waals surface area contributed by atoms with Gasteiger partial charge < -0.3 is 20.4 Å². The first-order valence-electron chi connectivity index (χ1n) is 12.0. The summed E-state index contributed by atoms with van der Waals surface area (Å²) in [5.74, 6) is 2.05. The number of hydrogen-bond donors (Lipinski definition) is 3. The van der Waals surface area contributed by atoms with Gasteiger partial charge in [0.2, 0.25) is 5.95 Å². The van der Waals surface area contributed by atoms with Gasteiger partial charge in [-0.05, 0) is 32.4 Å². The number of carbonyl (C=O) groups excluding carboxylic acids is 1. The smallest absolute Gasteiger partial charge is 0.317 e. The summed E-state index contributed by atoms with van der Waals surface area (Å²) in [5.41, 5.74) is 2.63. The molecule has 5 heterocycles. The molecule has 12 nitrogen and oxygen atoms in total. The van der Waals surface area contributed by atoms with Crippen molar-refractivity contribution >= 4 is 23.6 Å². The number of nitrogens with one attached hydrogen (secondary N) is 3. The van der Waals surface area contributed by atoms with Crippen LogP contribution in [0.1, 0.15) is 29.9 Å². The van der Waals surface area contributed by atoms with E-state index in [4.69, 9.17) is 0 Å². The number of halogens is 1. The average Bonchev–Trinajstić information content (AvgIpc) is 3.51. The SMILES string of the molecule is Cc1cc(Nc2cc(C)[nH]n2)nc(N2CCN(C(=O)N[C@H](C)c3ccc(-n4cc(F)cn4)nc3)CC2)n1. The Labute approximate surface area is 212 Å². The number of nitrogens with zero attached hydrogens (tertiary/aromatic N) is 8. The van der Waals surface area contributed by atoms with Crippen LogP contribution in [0.5, 0.6) is 0 Å². The molecule has 3 N–H and O–H groups in total. The summed E-state index contributed by atoms with van der Waals surface area (Å²) < 4.78 is 14.6. The van der Waals surface area contributed by atoms with Crippen LogP contribution < -0.4 is 15.5 Å². The summed E-state index contributed by atoms with van der Waals surface area (Å²) in [4.78, 5) is 30.3. The Morgan fingerprint density at radius 3 is 2.54 bits per heavy atom. The highest BCUT2D eigenvalue weighted by Gasteiger charge is 2.24. The van der Waals surface area contributed by atoms with Gasteiger partial charge in [-0.2, -0.15) is 15.2 Å². The van der Waals surface area contributed by atoms with Crippen molar-refractivity contribution < 1.29 is 9.18 Å². The second-order valence-corrected chi connectivity index (χ2v) is 8.95. The quantitative estimate of drug-likeness (QED) is 0.364. The number of piperazine rings is 1. The molecule has 1 saturated heterocycles. The number of rotatable bonds is 6. The normalized spacial score (nSPS) is 14.5. The Balaban J connectivity index is 1.16. The number of pyridine rings is 1. The van der Waals surface area contributed by atoms with Crippen molar-refractivity contribution in [3.05, 3.63) is 65.6 Å². The molecule has 1 aliphatic rings. The maximum Gasteiger partial charge on any atom is 0.317 e. The third-order valence-electron chi connectivity index (χ3n) is 6.05. The number of H-pyrrole nitrogens is 1. The van der Waals surface area contributed by atoms with Gasteiger partial charge in [-0.25, -0.2) is 23.8 Å². The number of aromatic amines is 1. The number of hydrogen-bond acceptors (Lipinski definition) is 8. The molecule has 1 atom stereocenters. The monoisotopic (exact) mass is 505 g/mol. The molecule has 5 rings (SSSR count). The van der Waals surface area contributed by atoms with Crippen LogP contribution in [0.2, 0.25) is 0 Å². The summed E-state index contributed by atoms with van der Waals surface area (Å²) in [6, 6.07) is 6.96. The largest absolute Gasteiger partial charge is 0.337 e. The van der Waals surface area contributed by atoms with Gasteiger partial charge in [0.15, 0.2) is 17.5 Å². The van der Waals surface area contributed by atoms with E-state index in [1.165, 1.54) is 10.9 Å². The highest BCUT2D eigenvalue weighted by Crippen LogP contribution is 2.19. The van der Waals surface area contributed by atoms with Crippen molar-refractivity contribution in [2.75, 3.05) is 36.4 Å². The molecule has 13 heteroatoms. The molecular weight excluding hydrogens is 477 g/mol. The van der Waals surface area contributed by atoms with Crippen molar-refractivity contribution in [2.45, 2.75) is 26.8 Å². The van der Waals surface area contributed by atoms with Crippen molar-refractivity contribution in [2.24, 2.45) is 0 Å². The standard InChI is InChI=1S/C24H28FN11O/c1-15-10-20(30-21-11-16(2)32-33-21)31-23(28-15)34-6-8-35(9-7-34)24(37)29-17(3)18-4-5-22(26-12-18)36-14-19(25)13-27-36/h4-5,10-14,17H,6-9H2,1-3H3,(H,29,37)(H2,28,30,31,32,33)/t17-/m1/s1. The zero-order valence-electron chi connectivity index (χ0n) is 20.8. The fourth-order valence-electron chi connectivity index (χ4n) is 4.06. The zero-order valence-corrected chi connectivity index (χ0v) is 20.8. The molecule has 4 aromatic heterocycles. The molecular formula is C24H28FN11O. The predicted molar refractivity (Wildman–Crippen MR) is 135 cm³/mol. The van der Waals surface area contributed by atoms with Gasteiger partial charge in [0.25, 0.3) is 0 Å². The van der Waals surface area contributed by atoms with Crippen molar-refractivity contribution in [3.8, 4) is 5.82 Å². The lowest BCUT2D eigenvalue weighted by Crippen LogP contribution is -2.52. The van der Waals surface area contributed by atoms with Crippen molar-refractivity contribution in [3.63, 3.8) is 0 Å². The Morgan fingerprint density at radius 2 is 1.89 bits per heavy atom. The number of aromatic nitrogens is 7. The highest BCUT2D eigenvalue weighted by molar-refractivity contribution is 5.75. The van der Waals surface area contributed by atoms with Gasteiger partial charge in [-0.15, -0.1) is 0 Å². The van der Waals surface area contributed by atoms with Gasteiger partial charge in [0.05, 0.1) is 18.4 Å². The number of amides is 2. The summed E-state index contributed by atoms with van der Waals surface area (Å²) in [6.45, 7) is 8.06. The maximum absolute atomic E-state index is 13.2. The number of carbonyl (C=O) groups is 1. The molecule has 0 aromatic carbocycles. The summed E-state index contributed by atoms with van der Waals surface area (Å²) in [7, 11) is 0. The molecule has 2 amide bonds. The molecule has 0 saturated carbocycles. The van der Waals surface area contributed by atoms with Gasteiger partial charge in [-0.3, -0.25) is 5.10 Å². The molecule has 192 valence electrons. The molecule has 1 fully saturated rings. The van der Waals surface area contributed by atoms with E-state index in [1.54, 1.807) is 17.2 Å². The first-order chi connectivity index (χ1) is 17.8. The van der Waals surface area contributed by atoms with Gasteiger partial charge >= 0.3 is 6.03 Å². The molecule has 0 aliphatic carbocycles. The lowest BCUT2D eigenvalue weighted by atomic mass is 10.1. The van der Waals surface area contributed by atoms with Crippen molar-refractivity contribution in [1.82, 2.24) is 45.1 Å². The highest BCUT2D eigenvalue weighted by atomic mass is 19.1. The molecule has 1 aliphatic heterocycles. The number of aryl methyl sites for hydroxylation is 2. The number of anilines is 3. The van der Waals surface area contributed by atoms with Crippen molar-refractivity contribution in [1.29, 1.82) is 0 Å². The molecule has 0 spiro atoms. The van der Waals surface area contributed by atoms with E-state index >= 15 is 0 Å². The van der Waals surface area contributed by atoms with E-state index < -0.39 is 5.82 Å². The fraction of sp³-hybridized carbons (Fsp3) is 0.333. The van der Waals surface area contributed by atoms with E-state index in [1.807, 2.05) is 39.0 Å². The molecule has 4 aromatic rings. The molecule has 37 heavy (non-hydrogen) atoms. The Morgan fingerprint density at radius 1 is 1.08 bits per heavy atom. The number of urea groups is 1. The van der Waals surface area contributed by atoms with E-state index in [2.05, 4.69) is 45.8 Å². The minimum Gasteiger partial charge on any atom is -0.337 e. The van der Waals surface area contributed by atoms with Crippen LogP contribution in [-0.4, -0.2) is 72.0 Å². The van der Waals surface area contributed by atoms with Crippen LogP contribution in [0, 0.1) is 19.7 Å². The minimum absolute atomic E-state index is 0.146. The summed E-state index contributed by atoms with van der Waals surface area (Å²) >= 11 is 0. The van der Waals surface area contributed by atoms with E-state index in [9.17, 15) is 9.18 Å². The summed E-state index contributed by atoms with van der Waals surface area (Å²) in [5, 5.41) is 17.2. The van der Waals surface area contributed by atoms with Gasteiger partial charge in [0, 0.05) is 55.9 Å². The first-order valence-corrected chi connectivity index (χ1v) is 12.0. The Bertz CT molecular complexity index is 1380. The van der Waals surface area contributed by atoms with Crippen LogP contribution in [0.15, 0.2) is 42.9 Å². The fourth-order valence-corrected chi connectivity index (χ4v) is 4.06. The molecule has 0 unspecified atom stereocenters. The maximum atomic E-state index is 13.2. The first kappa shape index (κ1) is 24.2. The van der Waals surface area contributed by atoms with Crippen LogP contribution in [0.3, 0.4) is 0 Å². The average molecular weight is 506 g/mol. The lowest BCUT2D eigenvalue weighted by molar-refractivity contribution is 0.191. The van der Waals surface area contributed by atoms with E-state index in [0.29, 0.717) is 49.6 Å². The predicted octanol–water partition coefficient (Wildman–Crippen LogP) is 2.87. The van der Waals surface area contributed by atoms with Crippen LogP contribution in [-0.2, 0) is 0 Å². The lowest BCUT2D eigenvalue weighted by Gasteiger charge is -2.35. The Kier molecular flexibility index (Phi) is 6.66. The molecule has 0 bridgehead atoms. The Hall–Kier alpha value is -4.55. The van der Waals surface area contributed by atoms with Crippen LogP contribution in [0.4, 0.5) is 26.8 Å². The van der Waals surface area contributed by atoms with E-state index in [0.717, 1.165) is 23.1 Å². The minimum atomic E-state index is -0.429. The second kappa shape index (κ2) is 10.2. The topological polar surface area (TPSA) is 133 Å². The third kappa shape index (κ3) is 5.66. The summed E-state index contributed by atoms with van der Waals surface area (Å²) in [6.07, 6.45) is 4.04. The van der Waals surface area contributed by atoms with Gasteiger partial charge in [-0.1, -0.05) is 6.07 Å². The van der Waals surface area contributed by atoms with Gasteiger partial charge in [0.1, 0.15) is 5.82 Å². The zero-order chi connectivity index (χ0) is 25.9. The molecule has 0 radical (unpaired) electrons. The second-order valence-electron chi connectivity index (χ2n) is 8.95. The van der Waals surface area contributed by atoms with E-state index in [-0.39, 0.29) is 12.1 Å². The van der Waals surface area contributed by atoms with Crippen LogP contribution >= 0.6 is 0 Å². The third-order valence-corrected chi connectivity index (χ3v) is 6.05.